The average molecular weight is 277 g/mol. The Morgan fingerprint density at radius 1 is 1.35 bits per heavy atom. The van der Waals surface area contributed by atoms with Crippen LogP contribution < -0.4 is 10.1 Å². The fourth-order valence-corrected chi connectivity index (χ4v) is 1.73. The zero-order chi connectivity index (χ0) is 14.4. The van der Waals surface area contributed by atoms with Crippen LogP contribution in [0.2, 0.25) is 0 Å². The summed E-state index contributed by atoms with van der Waals surface area (Å²) in [6.07, 6.45) is 1.59. The molecule has 1 aromatic heterocycles. The summed E-state index contributed by atoms with van der Waals surface area (Å²) in [5.74, 6) is 0.0739. The number of hydrogen-bond donors (Lipinski definition) is 1. The van der Waals surface area contributed by atoms with Gasteiger partial charge >= 0.3 is 0 Å². The zero-order valence-corrected chi connectivity index (χ0v) is 11.2. The molecule has 0 saturated carbocycles. The van der Waals surface area contributed by atoms with Crippen LogP contribution in [-0.4, -0.2) is 28.8 Å². The Balaban J connectivity index is 1.76. The number of aryl methyl sites for hydroxylation is 1. The molecule has 20 heavy (non-hydrogen) atoms. The number of nitrogens with zero attached hydrogens (tertiary/aromatic N) is 2. The van der Waals surface area contributed by atoms with Gasteiger partial charge < -0.3 is 10.1 Å². The van der Waals surface area contributed by atoms with Crippen molar-refractivity contribution in [2.75, 3.05) is 13.2 Å². The Hall–Kier alpha value is -2.37. The first-order valence-corrected chi connectivity index (χ1v) is 6.39. The van der Waals surface area contributed by atoms with Crippen molar-refractivity contribution in [3.05, 3.63) is 48.0 Å². The summed E-state index contributed by atoms with van der Waals surface area (Å²) in [7, 11) is 0. The van der Waals surface area contributed by atoms with E-state index in [-0.39, 0.29) is 11.7 Å². The molecular formula is C14H16FN3O2. The minimum Gasteiger partial charge on any atom is -0.492 e. The third-order valence-electron chi connectivity index (χ3n) is 2.72. The molecule has 1 aromatic carbocycles. The molecule has 0 radical (unpaired) electrons. The monoisotopic (exact) mass is 277 g/mol. The molecule has 0 aliphatic rings. The zero-order valence-electron chi connectivity index (χ0n) is 11.2. The molecule has 1 heterocycles. The van der Waals surface area contributed by atoms with Crippen molar-refractivity contribution in [1.82, 2.24) is 15.1 Å². The Labute approximate surface area is 116 Å². The van der Waals surface area contributed by atoms with Gasteiger partial charge in [-0.3, -0.25) is 9.48 Å². The van der Waals surface area contributed by atoms with Gasteiger partial charge in [0, 0.05) is 12.7 Å². The molecule has 1 amide bonds. The standard InChI is InChI=1S/C14H16FN3O2/c1-2-18-13(7-8-17-18)14(19)16-9-10-20-12-5-3-11(15)4-6-12/h3-8H,2,9-10H2,1H3,(H,16,19). The van der Waals surface area contributed by atoms with Gasteiger partial charge in [-0.25, -0.2) is 4.39 Å². The number of rotatable bonds is 6. The van der Waals surface area contributed by atoms with Crippen LogP contribution in [0.4, 0.5) is 4.39 Å². The first-order chi connectivity index (χ1) is 9.70. The lowest BCUT2D eigenvalue weighted by Gasteiger charge is -2.08. The fourth-order valence-electron chi connectivity index (χ4n) is 1.73. The molecule has 0 aliphatic heterocycles. The van der Waals surface area contributed by atoms with Crippen molar-refractivity contribution in [3.8, 4) is 5.75 Å². The number of benzene rings is 1. The number of carbonyl (C=O) groups excluding carboxylic acids is 1. The molecule has 0 bridgehead atoms. The van der Waals surface area contributed by atoms with Crippen LogP contribution in [0.1, 0.15) is 17.4 Å². The maximum atomic E-state index is 12.7. The van der Waals surface area contributed by atoms with Crippen LogP contribution in [-0.2, 0) is 6.54 Å². The number of nitrogens with one attached hydrogen (secondary N) is 1. The van der Waals surface area contributed by atoms with E-state index in [1.807, 2.05) is 6.92 Å². The molecule has 0 atom stereocenters. The SMILES string of the molecule is CCn1nccc1C(=O)NCCOc1ccc(F)cc1. The van der Waals surface area contributed by atoms with E-state index in [1.54, 1.807) is 29.1 Å². The lowest BCUT2D eigenvalue weighted by Crippen LogP contribution is -2.30. The van der Waals surface area contributed by atoms with Gasteiger partial charge in [0.1, 0.15) is 23.9 Å². The number of hydrogen-bond acceptors (Lipinski definition) is 3. The quantitative estimate of drug-likeness (QED) is 0.820. The summed E-state index contributed by atoms with van der Waals surface area (Å²) in [6, 6.07) is 7.41. The Kier molecular flexibility index (Phi) is 4.70. The van der Waals surface area contributed by atoms with Crippen LogP contribution in [0.3, 0.4) is 0 Å². The average Bonchev–Trinajstić information content (AvgIpc) is 2.94. The second-order valence-electron chi connectivity index (χ2n) is 4.09. The van der Waals surface area contributed by atoms with Crippen LogP contribution in [0.25, 0.3) is 0 Å². The van der Waals surface area contributed by atoms with E-state index in [0.29, 0.717) is 31.1 Å². The Morgan fingerprint density at radius 3 is 2.80 bits per heavy atom. The highest BCUT2D eigenvalue weighted by Crippen LogP contribution is 2.10. The topological polar surface area (TPSA) is 56.2 Å². The highest BCUT2D eigenvalue weighted by molar-refractivity contribution is 5.92. The molecule has 5 nitrogen and oxygen atoms in total. The van der Waals surface area contributed by atoms with E-state index < -0.39 is 0 Å². The maximum absolute atomic E-state index is 12.7. The first-order valence-electron chi connectivity index (χ1n) is 6.39. The Bertz CT molecular complexity index is 566. The number of carbonyl (C=O) groups is 1. The third kappa shape index (κ3) is 3.57. The van der Waals surface area contributed by atoms with Gasteiger partial charge in [0.15, 0.2) is 0 Å². The van der Waals surface area contributed by atoms with Crippen LogP contribution in [0.5, 0.6) is 5.75 Å². The summed E-state index contributed by atoms with van der Waals surface area (Å²) in [5.41, 5.74) is 0.522. The van der Waals surface area contributed by atoms with E-state index in [4.69, 9.17) is 4.74 Å². The fraction of sp³-hybridized carbons (Fsp3) is 0.286. The van der Waals surface area contributed by atoms with E-state index in [9.17, 15) is 9.18 Å². The molecule has 1 N–H and O–H groups in total. The molecule has 0 aliphatic carbocycles. The summed E-state index contributed by atoms with van der Waals surface area (Å²) in [5, 5.41) is 6.77. The maximum Gasteiger partial charge on any atom is 0.269 e. The van der Waals surface area contributed by atoms with Crippen molar-refractivity contribution < 1.29 is 13.9 Å². The van der Waals surface area contributed by atoms with E-state index in [1.165, 1.54) is 12.1 Å². The van der Waals surface area contributed by atoms with Gasteiger partial charge in [0.25, 0.3) is 5.91 Å². The molecule has 2 aromatic rings. The summed E-state index contributed by atoms with van der Waals surface area (Å²) in [4.78, 5) is 11.9. The predicted molar refractivity (Wildman–Crippen MR) is 72.1 cm³/mol. The van der Waals surface area contributed by atoms with Gasteiger partial charge in [0.2, 0.25) is 0 Å². The molecule has 106 valence electrons. The predicted octanol–water partition coefficient (Wildman–Crippen LogP) is 1.85. The second-order valence-corrected chi connectivity index (χ2v) is 4.09. The minimum atomic E-state index is -0.307. The van der Waals surface area contributed by atoms with Gasteiger partial charge in [-0.2, -0.15) is 5.10 Å². The molecule has 0 spiro atoms. The van der Waals surface area contributed by atoms with E-state index >= 15 is 0 Å². The summed E-state index contributed by atoms with van der Waals surface area (Å²) < 4.78 is 19.7. The van der Waals surface area contributed by atoms with Gasteiger partial charge in [0.05, 0.1) is 6.54 Å². The smallest absolute Gasteiger partial charge is 0.269 e. The largest absolute Gasteiger partial charge is 0.492 e. The number of aromatic nitrogens is 2. The van der Waals surface area contributed by atoms with Gasteiger partial charge in [-0.05, 0) is 37.3 Å². The molecule has 0 fully saturated rings. The van der Waals surface area contributed by atoms with Crippen LogP contribution >= 0.6 is 0 Å². The van der Waals surface area contributed by atoms with E-state index in [2.05, 4.69) is 10.4 Å². The lowest BCUT2D eigenvalue weighted by molar-refractivity contribution is 0.0936. The van der Waals surface area contributed by atoms with Crippen molar-refractivity contribution in [3.63, 3.8) is 0 Å². The number of halogens is 1. The van der Waals surface area contributed by atoms with E-state index in [0.717, 1.165) is 0 Å². The molecule has 0 saturated heterocycles. The van der Waals surface area contributed by atoms with Gasteiger partial charge in [-0.1, -0.05) is 0 Å². The van der Waals surface area contributed by atoms with Crippen LogP contribution in [0.15, 0.2) is 36.5 Å². The molecular weight excluding hydrogens is 261 g/mol. The first kappa shape index (κ1) is 14.0. The highest BCUT2D eigenvalue weighted by atomic mass is 19.1. The van der Waals surface area contributed by atoms with Crippen LogP contribution in [0, 0.1) is 5.82 Å². The normalized spacial score (nSPS) is 10.3. The highest BCUT2D eigenvalue weighted by Gasteiger charge is 2.09. The molecule has 6 heteroatoms. The summed E-state index contributed by atoms with van der Waals surface area (Å²) in [6.45, 7) is 3.24. The minimum absolute atomic E-state index is 0.188. The number of amides is 1. The van der Waals surface area contributed by atoms with Gasteiger partial charge in [-0.15, -0.1) is 0 Å². The second kappa shape index (κ2) is 6.70. The Morgan fingerprint density at radius 2 is 2.10 bits per heavy atom. The van der Waals surface area contributed by atoms with Crippen molar-refractivity contribution in [1.29, 1.82) is 0 Å². The summed E-state index contributed by atoms with van der Waals surface area (Å²) >= 11 is 0. The molecule has 0 unspecified atom stereocenters. The van der Waals surface area contributed by atoms with Crippen molar-refractivity contribution in [2.45, 2.75) is 13.5 Å². The van der Waals surface area contributed by atoms with Crippen molar-refractivity contribution >= 4 is 5.91 Å². The molecule has 2 rings (SSSR count). The third-order valence-corrected chi connectivity index (χ3v) is 2.72. The lowest BCUT2D eigenvalue weighted by atomic mass is 10.3. The number of ether oxygens (including phenoxy) is 1. The van der Waals surface area contributed by atoms with Crippen molar-refractivity contribution in [2.24, 2.45) is 0 Å².